The quantitative estimate of drug-likeness (QED) is 0.452. The van der Waals surface area contributed by atoms with Crippen LogP contribution in [0, 0.1) is 5.92 Å². The zero-order valence-electron chi connectivity index (χ0n) is 20.2. The van der Waals surface area contributed by atoms with Gasteiger partial charge in [0.25, 0.3) is 0 Å². The topological polar surface area (TPSA) is 157 Å². The fourth-order valence-electron chi connectivity index (χ4n) is 4.33. The molecule has 0 aliphatic carbocycles. The number of fused-ring (bicyclic) bond motifs is 1. The molecule has 34 heavy (non-hydrogen) atoms. The van der Waals surface area contributed by atoms with Gasteiger partial charge in [0.2, 0.25) is 5.95 Å². The monoisotopic (exact) mass is 468 g/mol. The third-order valence-electron chi connectivity index (χ3n) is 5.61. The van der Waals surface area contributed by atoms with Crippen molar-refractivity contribution < 1.29 is 14.3 Å². The molecule has 3 heterocycles. The fourth-order valence-corrected chi connectivity index (χ4v) is 4.33. The van der Waals surface area contributed by atoms with E-state index in [1.54, 1.807) is 7.11 Å². The highest BCUT2D eigenvalue weighted by molar-refractivity contribution is 5.97. The minimum absolute atomic E-state index is 0.0809. The third-order valence-corrected chi connectivity index (χ3v) is 5.61. The Morgan fingerprint density at radius 1 is 1.21 bits per heavy atom. The van der Waals surface area contributed by atoms with Crippen molar-refractivity contribution in [2.45, 2.75) is 45.8 Å². The van der Waals surface area contributed by atoms with Crippen molar-refractivity contribution in [3.8, 4) is 17.0 Å². The van der Waals surface area contributed by atoms with Crippen molar-refractivity contribution in [3.05, 3.63) is 18.2 Å². The van der Waals surface area contributed by atoms with Crippen molar-refractivity contribution in [1.29, 1.82) is 0 Å². The summed E-state index contributed by atoms with van der Waals surface area (Å²) in [6.07, 6.45) is 0.423. The lowest BCUT2D eigenvalue weighted by Gasteiger charge is -2.37. The normalized spacial score (nSPS) is 18.7. The number of nitrogen functional groups attached to an aromatic ring is 2. The summed E-state index contributed by atoms with van der Waals surface area (Å²) >= 11 is 0. The van der Waals surface area contributed by atoms with E-state index in [1.165, 1.54) is 0 Å². The van der Waals surface area contributed by atoms with E-state index in [-0.39, 0.29) is 12.0 Å². The van der Waals surface area contributed by atoms with Crippen molar-refractivity contribution >= 4 is 34.6 Å². The maximum Gasteiger partial charge on any atom is 0.407 e. The van der Waals surface area contributed by atoms with Crippen LogP contribution in [0.5, 0.6) is 5.75 Å². The van der Waals surface area contributed by atoms with Gasteiger partial charge in [-0.25, -0.2) is 9.78 Å². The molecule has 2 atom stereocenters. The van der Waals surface area contributed by atoms with Crippen molar-refractivity contribution in [2.75, 3.05) is 36.6 Å². The summed E-state index contributed by atoms with van der Waals surface area (Å²) in [5, 5.41) is 10.7. The molecule has 11 heteroatoms. The van der Waals surface area contributed by atoms with Gasteiger partial charge in [0.05, 0.1) is 29.7 Å². The highest BCUT2D eigenvalue weighted by Gasteiger charge is 2.29. The molecular weight excluding hydrogens is 436 g/mol. The second-order valence-electron chi connectivity index (χ2n) is 9.77. The average Bonchev–Trinajstić information content (AvgIpc) is 3.11. The van der Waals surface area contributed by atoms with Crippen LogP contribution in [-0.4, -0.2) is 58.1 Å². The Hall–Kier alpha value is -3.76. The molecule has 0 bridgehead atoms. The number of benzene rings is 1. The maximum atomic E-state index is 12.3. The number of rotatable bonds is 4. The number of hydrogen-bond donors (Lipinski definition) is 4. The van der Waals surface area contributed by atoms with E-state index >= 15 is 0 Å². The number of aromatic amines is 1. The van der Waals surface area contributed by atoms with Crippen LogP contribution in [0.25, 0.3) is 22.2 Å². The molecule has 6 N–H and O–H groups in total. The first-order valence-electron chi connectivity index (χ1n) is 11.2. The van der Waals surface area contributed by atoms with Crippen LogP contribution in [-0.2, 0) is 4.74 Å². The molecule has 1 aromatic carbocycles. The summed E-state index contributed by atoms with van der Waals surface area (Å²) in [7, 11) is 1.58. The molecule has 1 saturated heterocycles. The number of nitrogens with two attached hydrogens (primary N) is 2. The Morgan fingerprint density at radius 3 is 2.68 bits per heavy atom. The molecule has 1 amide bonds. The molecule has 4 rings (SSSR count). The number of H-pyrrole nitrogens is 1. The van der Waals surface area contributed by atoms with Gasteiger partial charge in [0.1, 0.15) is 17.2 Å². The molecule has 0 spiro atoms. The van der Waals surface area contributed by atoms with Crippen LogP contribution in [0.15, 0.2) is 18.2 Å². The summed E-state index contributed by atoms with van der Waals surface area (Å²) in [6, 6.07) is 5.56. The number of amides is 1. The van der Waals surface area contributed by atoms with E-state index < -0.39 is 11.7 Å². The maximum absolute atomic E-state index is 12.3. The predicted molar refractivity (Wildman–Crippen MR) is 132 cm³/mol. The summed E-state index contributed by atoms with van der Waals surface area (Å²) in [5.41, 5.74) is 13.7. The number of anilines is 3. The number of alkyl carbamates (subject to hydrolysis) is 1. The number of nitrogens with zero attached hydrogens (tertiary/aromatic N) is 4. The second kappa shape index (κ2) is 8.88. The Labute approximate surface area is 198 Å². The van der Waals surface area contributed by atoms with Crippen molar-refractivity contribution in [2.24, 2.45) is 5.92 Å². The number of methoxy groups -OCH3 is 1. The van der Waals surface area contributed by atoms with Gasteiger partial charge in [-0.05, 0) is 45.2 Å². The third kappa shape index (κ3) is 5.08. The van der Waals surface area contributed by atoms with E-state index in [2.05, 4.69) is 37.3 Å². The van der Waals surface area contributed by atoms with E-state index in [0.29, 0.717) is 35.5 Å². The highest BCUT2D eigenvalue weighted by atomic mass is 16.6. The van der Waals surface area contributed by atoms with E-state index in [1.807, 2.05) is 39.0 Å². The van der Waals surface area contributed by atoms with Gasteiger partial charge in [0.15, 0.2) is 5.82 Å². The van der Waals surface area contributed by atoms with Crippen LogP contribution >= 0.6 is 0 Å². The predicted octanol–water partition coefficient (Wildman–Crippen LogP) is 2.93. The Morgan fingerprint density at radius 2 is 1.97 bits per heavy atom. The second-order valence-corrected chi connectivity index (χ2v) is 9.77. The van der Waals surface area contributed by atoms with Gasteiger partial charge >= 0.3 is 6.09 Å². The van der Waals surface area contributed by atoms with Gasteiger partial charge in [-0.2, -0.15) is 10.1 Å². The molecule has 1 aliphatic heterocycles. The molecule has 11 nitrogen and oxygen atoms in total. The molecule has 182 valence electrons. The van der Waals surface area contributed by atoms with Crippen LogP contribution in [0.1, 0.15) is 34.1 Å². The van der Waals surface area contributed by atoms with Gasteiger partial charge in [-0.15, -0.1) is 0 Å². The molecule has 0 radical (unpaired) electrons. The van der Waals surface area contributed by atoms with Gasteiger partial charge < -0.3 is 31.2 Å². The van der Waals surface area contributed by atoms with E-state index in [0.717, 1.165) is 29.4 Å². The summed E-state index contributed by atoms with van der Waals surface area (Å²) < 4.78 is 11.0. The number of aromatic nitrogens is 4. The number of piperidine rings is 1. The smallest absolute Gasteiger partial charge is 0.407 e. The Bertz CT molecular complexity index is 1200. The van der Waals surface area contributed by atoms with Crippen LogP contribution in [0.4, 0.5) is 22.4 Å². The van der Waals surface area contributed by atoms with Crippen LogP contribution in [0.3, 0.4) is 0 Å². The highest BCUT2D eigenvalue weighted by Crippen LogP contribution is 2.35. The Kier molecular flexibility index (Phi) is 6.11. The number of ether oxygens (including phenoxy) is 2. The molecular formula is C23H32N8O3. The molecule has 2 aromatic heterocycles. The lowest BCUT2D eigenvalue weighted by molar-refractivity contribution is 0.0495. The summed E-state index contributed by atoms with van der Waals surface area (Å²) in [5.74, 6) is 2.13. The first kappa shape index (κ1) is 23.4. The number of carbonyl (C=O) groups excluding carboxylic acids is 1. The first-order valence-corrected chi connectivity index (χ1v) is 11.2. The van der Waals surface area contributed by atoms with E-state index in [9.17, 15) is 4.79 Å². The van der Waals surface area contributed by atoms with Crippen LogP contribution in [0.2, 0.25) is 0 Å². The lowest BCUT2D eigenvalue weighted by Crippen LogP contribution is -2.51. The zero-order chi connectivity index (χ0) is 24.6. The van der Waals surface area contributed by atoms with Gasteiger partial charge in [-0.1, -0.05) is 6.92 Å². The SMILES string of the molecule is COc1cc(-c2cc(N3CC(C)CC(NC(=O)OC(C)(C)C)C3)nc(N)n2)cc2[nH]nc(N)c12. The summed E-state index contributed by atoms with van der Waals surface area (Å²) in [6.45, 7) is 9.04. The molecule has 0 saturated carbocycles. The first-order chi connectivity index (χ1) is 16.0. The fraction of sp³-hybridized carbons (Fsp3) is 0.478. The standard InChI is InChI=1S/C23H32N8O3/c1-12-6-14(26-22(32)34-23(2,3)4)11-31(10-12)18-9-15(27-21(25)28-18)13-7-16-19(17(8-13)33-5)20(24)30-29-16/h7-9,12,14H,6,10-11H2,1-5H3,(H,26,32)(H3,24,29,30)(H2,25,27,28). The lowest BCUT2D eigenvalue weighted by atomic mass is 9.96. The molecule has 3 aromatic rings. The van der Waals surface area contributed by atoms with Crippen LogP contribution < -0.4 is 26.4 Å². The van der Waals surface area contributed by atoms with Crippen molar-refractivity contribution in [3.63, 3.8) is 0 Å². The number of nitrogens with one attached hydrogen (secondary N) is 2. The minimum Gasteiger partial charge on any atom is -0.496 e. The molecule has 1 fully saturated rings. The molecule has 2 unspecified atom stereocenters. The average molecular weight is 469 g/mol. The van der Waals surface area contributed by atoms with Crippen molar-refractivity contribution in [1.82, 2.24) is 25.5 Å². The Balaban J connectivity index is 1.62. The van der Waals surface area contributed by atoms with E-state index in [4.69, 9.17) is 20.9 Å². The van der Waals surface area contributed by atoms with Gasteiger partial charge in [-0.3, -0.25) is 5.10 Å². The van der Waals surface area contributed by atoms with Gasteiger partial charge in [0, 0.05) is 24.7 Å². The zero-order valence-corrected chi connectivity index (χ0v) is 20.2. The summed E-state index contributed by atoms with van der Waals surface area (Å²) in [4.78, 5) is 23.3. The molecule has 1 aliphatic rings. The number of hydrogen-bond acceptors (Lipinski definition) is 9. The minimum atomic E-state index is -0.554. The largest absolute Gasteiger partial charge is 0.496 e. The number of carbonyl (C=O) groups is 1.